The van der Waals surface area contributed by atoms with E-state index in [9.17, 15) is 0 Å². The number of hydrogen-bond acceptors (Lipinski definition) is 2. The zero-order valence-electron chi connectivity index (χ0n) is 29.3. The summed E-state index contributed by atoms with van der Waals surface area (Å²) in [5, 5.41) is 12.3. The van der Waals surface area contributed by atoms with E-state index in [4.69, 9.17) is 8.83 Å². The van der Waals surface area contributed by atoms with Crippen LogP contribution in [0.2, 0.25) is 0 Å². The van der Waals surface area contributed by atoms with E-state index in [1.165, 1.54) is 65.7 Å². The number of rotatable bonds is 3. The lowest BCUT2D eigenvalue weighted by Gasteiger charge is -2.23. The summed E-state index contributed by atoms with van der Waals surface area (Å²) in [6, 6.07) is 55.3. The molecule has 0 spiro atoms. The quantitative estimate of drug-likeness (QED) is 0.175. The van der Waals surface area contributed by atoms with Crippen LogP contribution in [-0.2, 0) is 5.41 Å². The molecule has 2 aromatic heterocycles. The third-order valence-electron chi connectivity index (χ3n) is 11.2. The molecular weight excluding hydrogens is 633 g/mol. The van der Waals surface area contributed by atoms with Crippen molar-refractivity contribution in [2.45, 2.75) is 26.2 Å². The fourth-order valence-electron chi connectivity index (χ4n) is 8.47. The van der Waals surface area contributed by atoms with E-state index in [2.05, 4.69) is 148 Å². The van der Waals surface area contributed by atoms with Crippen LogP contribution in [0.4, 0.5) is 0 Å². The molecule has 0 radical (unpaired) electrons. The standard InChI is InChI=1S/C50H34O2/c1-50(2,3)35-24-33-17-21-39-41(30-14-12-29(13-15-30)31-19-23-46-43(26-31)37-9-5-7-11-45(37)51-46)28-42(40-22-18-34(25-35)48(33)49(39)40)32-16-20-38-36-8-4-6-10-44(36)52-47(38)27-32/h4-28H,1-3H3. The molecule has 246 valence electrons. The molecule has 0 saturated heterocycles. The normalized spacial score (nSPS) is 12.5. The van der Waals surface area contributed by atoms with E-state index >= 15 is 0 Å². The summed E-state index contributed by atoms with van der Waals surface area (Å²) in [6.45, 7) is 6.89. The van der Waals surface area contributed by atoms with E-state index in [-0.39, 0.29) is 5.41 Å². The fraction of sp³-hybridized carbons (Fsp3) is 0.0800. The molecule has 2 heteroatoms. The highest BCUT2D eigenvalue weighted by Gasteiger charge is 2.21. The highest BCUT2D eigenvalue weighted by atomic mass is 16.3. The van der Waals surface area contributed by atoms with Crippen LogP contribution in [0, 0.1) is 0 Å². The number of furan rings is 2. The van der Waals surface area contributed by atoms with Crippen molar-refractivity contribution < 1.29 is 8.83 Å². The maximum Gasteiger partial charge on any atom is 0.136 e. The Morgan fingerprint density at radius 1 is 0.346 bits per heavy atom. The molecule has 0 fully saturated rings. The Kier molecular flexibility index (Phi) is 5.97. The summed E-state index contributed by atoms with van der Waals surface area (Å²) in [5.74, 6) is 0. The average Bonchev–Trinajstić information content (AvgIpc) is 3.74. The summed E-state index contributed by atoms with van der Waals surface area (Å²) in [7, 11) is 0. The van der Waals surface area contributed by atoms with E-state index in [0.717, 1.165) is 49.4 Å². The molecule has 0 amide bonds. The highest BCUT2D eigenvalue weighted by molar-refractivity contribution is 6.28. The zero-order valence-corrected chi connectivity index (χ0v) is 29.3. The lowest BCUT2D eigenvalue weighted by atomic mass is 9.81. The van der Waals surface area contributed by atoms with Gasteiger partial charge in [0, 0.05) is 21.5 Å². The van der Waals surface area contributed by atoms with Gasteiger partial charge in [-0.1, -0.05) is 130 Å². The molecule has 11 rings (SSSR count). The lowest BCUT2D eigenvalue weighted by Crippen LogP contribution is -2.10. The van der Waals surface area contributed by atoms with Crippen molar-refractivity contribution in [2.24, 2.45) is 0 Å². The van der Waals surface area contributed by atoms with Gasteiger partial charge in [0.25, 0.3) is 0 Å². The van der Waals surface area contributed by atoms with Crippen LogP contribution in [-0.4, -0.2) is 0 Å². The number of para-hydroxylation sites is 2. The lowest BCUT2D eigenvalue weighted by molar-refractivity contribution is 0.591. The first-order chi connectivity index (χ1) is 25.4. The van der Waals surface area contributed by atoms with Gasteiger partial charge < -0.3 is 8.83 Å². The summed E-state index contributed by atoms with van der Waals surface area (Å²) < 4.78 is 12.5. The number of hydrogen-bond donors (Lipinski definition) is 0. The van der Waals surface area contributed by atoms with Crippen LogP contribution in [0.15, 0.2) is 160 Å². The molecule has 9 aromatic carbocycles. The monoisotopic (exact) mass is 666 g/mol. The van der Waals surface area contributed by atoms with E-state index in [1.807, 2.05) is 24.3 Å². The van der Waals surface area contributed by atoms with Crippen molar-refractivity contribution in [2.75, 3.05) is 0 Å². The van der Waals surface area contributed by atoms with Crippen molar-refractivity contribution in [3.63, 3.8) is 0 Å². The van der Waals surface area contributed by atoms with Crippen LogP contribution in [0.5, 0.6) is 0 Å². The van der Waals surface area contributed by atoms with Gasteiger partial charge in [-0.15, -0.1) is 0 Å². The molecule has 11 aromatic rings. The third kappa shape index (κ3) is 4.31. The second kappa shape index (κ2) is 10.6. The first kappa shape index (κ1) is 29.4. The Bertz CT molecular complexity index is 3180. The van der Waals surface area contributed by atoms with Gasteiger partial charge in [-0.2, -0.15) is 0 Å². The van der Waals surface area contributed by atoms with E-state index < -0.39 is 0 Å². The van der Waals surface area contributed by atoms with Gasteiger partial charge in [-0.3, -0.25) is 0 Å². The van der Waals surface area contributed by atoms with Crippen LogP contribution >= 0.6 is 0 Å². The second-order valence-corrected chi connectivity index (χ2v) is 15.3. The minimum Gasteiger partial charge on any atom is -0.456 e. The Hall–Kier alpha value is -6.38. The highest BCUT2D eigenvalue weighted by Crippen LogP contribution is 2.46. The van der Waals surface area contributed by atoms with Crippen LogP contribution in [0.1, 0.15) is 26.3 Å². The predicted octanol–water partition coefficient (Wildman–Crippen LogP) is 14.7. The summed E-state index contributed by atoms with van der Waals surface area (Å²) in [6.07, 6.45) is 0. The predicted molar refractivity (Wildman–Crippen MR) is 220 cm³/mol. The molecule has 0 saturated carbocycles. The third-order valence-corrected chi connectivity index (χ3v) is 11.2. The largest absolute Gasteiger partial charge is 0.456 e. The number of benzene rings is 9. The molecule has 0 aliphatic rings. The van der Waals surface area contributed by atoms with Crippen LogP contribution in [0.3, 0.4) is 0 Å². The minimum atomic E-state index is 0.0553. The van der Waals surface area contributed by atoms with Crippen molar-refractivity contribution in [1.82, 2.24) is 0 Å². The van der Waals surface area contributed by atoms with Gasteiger partial charge in [0.1, 0.15) is 22.3 Å². The van der Waals surface area contributed by atoms with Gasteiger partial charge >= 0.3 is 0 Å². The zero-order chi connectivity index (χ0) is 34.7. The van der Waals surface area contributed by atoms with Crippen molar-refractivity contribution in [3.8, 4) is 33.4 Å². The average molecular weight is 667 g/mol. The van der Waals surface area contributed by atoms with E-state index in [0.29, 0.717) is 0 Å². The smallest absolute Gasteiger partial charge is 0.136 e. The maximum atomic E-state index is 6.39. The molecule has 0 unspecified atom stereocenters. The first-order valence-electron chi connectivity index (χ1n) is 18.1. The van der Waals surface area contributed by atoms with Gasteiger partial charge in [-0.25, -0.2) is 0 Å². The van der Waals surface area contributed by atoms with Gasteiger partial charge in [-0.05, 0) is 119 Å². The van der Waals surface area contributed by atoms with E-state index in [1.54, 1.807) is 0 Å². The van der Waals surface area contributed by atoms with Gasteiger partial charge in [0.05, 0.1) is 0 Å². The number of fused-ring (bicyclic) bond motifs is 6. The Labute approximate surface area is 300 Å². The first-order valence-corrected chi connectivity index (χ1v) is 18.1. The van der Waals surface area contributed by atoms with Crippen molar-refractivity contribution in [1.29, 1.82) is 0 Å². The molecule has 2 heterocycles. The molecule has 0 N–H and O–H groups in total. The topological polar surface area (TPSA) is 26.3 Å². The van der Waals surface area contributed by atoms with Crippen molar-refractivity contribution >= 4 is 76.2 Å². The van der Waals surface area contributed by atoms with Crippen molar-refractivity contribution in [3.05, 3.63) is 157 Å². The van der Waals surface area contributed by atoms with Crippen LogP contribution in [0.25, 0.3) is 110 Å². The van der Waals surface area contributed by atoms with Crippen LogP contribution < -0.4 is 0 Å². The SMILES string of the molecule is CC(C)(C)c1cc2ccc3c(-c4ccc(-c5ccc6oc7ccccc7c6c5)cc4)cc(-c4ccc5c(c4)oc4ccccc45)c4ccc(c1)c2c34. The Balaban J connectivity index is 1.13. The maximum absolute atomic E-state index is 6.39. The summed E-state index contributed by atoms with van der Waals surface area (Å²) in [5.41, 5.74) is 12.2. The summed E-state index contributed by atoms with van der Waals surface area (Å²) >= 11 is 0. The molecular formula is C50H34O2. The molecule has 52 heavy (non-hydrogen) atoms. The Morgan fingerprint density at radius 2 is 0.865 bits per heavy atom. The second-order valence-electron chi connectivity index (χ2n) is 15.3. The minimum absolute atomic E-state index is 0.0553. The molecule has 0 atom stereocenters. The molecule has 0 bridgehead atoms. The summed E-state index contributed by atoms with van der Waals surface area (Å²) in [4.78, 5) is 0. The molecule has 2 nitrogen and oxygen atoms in total. The van der Waals surface area contributed by atoms with Gasteiger partial charge in [0.15, 0.2) is 0 Å². The Morgan fingerprint density at radius 3 is 1.56 bits per heavy atom. The molecule has 0 aliphatic carbocycles. The molecule has 0 aliphatic heterocycles. The fourth-order valence-corrected chi connectivity index (χ4v) is 8.47. The van der Waals surface area contributed by atoms with Gasteiger partial charge in [0.2, 0.25) is 0 Å².